The average molecular weight is 247 g/mol. The summed E-state index contributed by atoms with van der Waals surface area (Å²) < 4.78 is 0. The van der Waals surface area contributed by atoms with Crippen LogP contribution in [-0.2, 0) is 11.3 Å². The van der Waals surface area contributed by atoms with E-state index in [9.17, 15) is 4.79 Å². The molecule has 0 aliphatic heterocycles. The number of rotatable bonds is 6. The van der Waals surface area contributed by atoms with Crippen molar-refractivity contribution in [2.24, 2.45) is 0 Å². The maximum absolute atomic E-state index is 11.3. The average Bonchev–Trinajstić information content (AvgIpc) is 3.20. The molecule has 98 valence electrons. The van der Waals surface area contributed by atoms with E-state index in [2.05, 4.69) is 22.3 Å². The van der Waals surface area contributed by atoms with Crippen LogP contribution < -0.4 is 11.1 Å². The first-order valence-electron chi connectivity index (χ1n) is 6.48. The molecule has 0 unspecified atom stereocenters. The Morgan fingerprint density at radius 1 is 1.39 bits per heavy atom. The second-order valence-corrected chi connectivity index (χ2v) is 4.87. The number of carbonyl (C=O) groups excluding carboxylic acids is 1. The summed E-state index contributed by atoms with van der Waals surface area (Å²) in [7, 11) is 1.68. The van der Waals surface area contributed by atoms with Crippen molar-refractivity contribution in [1.82, 2.24) is 10.2 Å². The Morgan fingerprint density at radius 3 is 2.61 bits per heavy atom. The molecular weight excluding hydrogens is 226 g/mol. The highest BCUT2D eigenvalue weighted by Gasteiger charge is 2.28. The fraction of sp³-hybridized carbons (Fsp3) is 0.500. The van der Waals surface area contributed by atoms with Crippen LogP contribution in [0.4, 0.5) is 5.69 Å². The van der Waals surface area contributed by atoms with E-state index in [-0.39, 0.29) is 5.91 Å². The second-order valence-electron chi connectivity index (χ2n) is 4.87. The lowest BCUT2D eigenvalue weighted by Gasteiger charge is -2.21. The smallest absolute Gasteiger partial charge is 0.221 e. The standard InChI is InChI=1S/C14H21N3O/c1-16-14(18)8-9-17(13-6-7-13)10-11-2-4-12(15)5-3-11/h2-5,13H,6-10,15H2,1H3,(H,16,18). The van der Waals surface area contributed by atoms with Crippen molar-refractivity contribution < 1.29 is 4.79 Å². The van der Waals surface area contributed by atoms with Crippen molar-refractivity contribution in [2.45, 2.75) is 31.8 Å². The molecular formula is C14H21N3O. The zero-order valence-corrected chi connectivity index (χ0v) is 10.9. The minimum Gasteiger partial charge on any atom is -0.399 e. The van der Waals surface area contributed by atoms with Crippen LogP contribution in [0, 0.1) is 0 Å². The molecule has 1 aliphatic rings. The molecule has 0 radical (unpaired) electrons. The maximum atomic E-state index is 11.3. The molecule has 1 aromatic carbocycles. The van der Waals surface area contributed by atoms with Crippen LogP contribution >= 0.6 is 0 Å². The lowest BCUT2D eigenvalue weighted by Crippen LogP contribution is -2.30. The minimum atomic E-state index is 0.109. The number of nitrogens with zero attached hydrogens (tertiary/aromatic N) is 1. The minimum absolute atomic E-state index is 0.109. The zero-order valence-electron chi connectivity index (χ0n) is 10.9. The first-order chi connectivity index (χ1) is 8.69. The summed E-state index contributed by atoms with van der Waals surface area (Å²) in [4.78, 5) is 13.7. The summed E-state index contributed by atoms with van der Waals surface area (Å²) >= 11 is 0. The molecule has 0 atom stereocenters. The van der Waals surface area contributed by atoms with Crippen molar-refractivity contribution in [3.8, 4) is 0 Å². The van der Waals surface area contributed by atoms with Crippen LogP contribution in [0.2, 0.25) is 0 Å². The van der Waals surface area contributed by atoms with Gasteiger partial charge in [-0.25, -0.2) is 0 Å². The molecule has 2 rings (SSSR count). The number of hydrogen-bond donors (Lipinski definition) is 2. The van der Waals surface area contributed by atoms with Crippen LogP contribution in [0.5, 0.6) is 0 Å². The molecule has 0 spiro atoms. The summed E-state index contributed by atoms with van der Waals surface area (Å²) in [5, 5.41) is 2.67. The Bertz CT molecular complexity index is 398. The Balaban J connectivity index is 1.89. The van der Waals surface area contributed by atoms with Crippen molar-refractivity contribution >= 4 is 11.6 Å². The monoisotopic (exact) mass is 247 g/mol. The van der Waals surface area contributed by atoms with Crippen LogP contribution in [0.15, 0.2) is 24.3 Å². The van der Waals surface area contributed by atoms with Crippen molar-refractivity contribution in [1.29, 1.82) is 0 Å². The second kappa shape index (κ2) is 5.87. The van der Waals surface area contributed by atoms with E-state index >= 15 is 0 Å². The summed E-state index contributed by atoms with van der Waals surface area (Å²) in [5.74, 6) is 0.109. The molecule has 0 bridgehead atoms. The third-order valence-electron chi connectivity index (χ3n) is 3.33. The molecule has 1 aromatic rings. The quantitative estimate of drug-likeness (QED) is 0.746. The van der Waals surface area contributed by atoms with Gasteiger partial charge in [0.25, 0.3) is 0 Å². The summed E-state index contributed by atoms with van der Waals surface area (Å²) in [5.41, 5.74) is 7.73. The Kier molecular flexibility index (Phi) is 4.20. The number of nitrogen functional groups attached to an aromatic ring is 1. The maximum Gasteiger partial charge on any atom is 0.221 e. The highest BCUT2D eigenvalue weighted by molar-refractivity contribution is 5.75. The highest BCUT2D eigenvalue weighted by atomic mass is 16.1. The van der Waals surface area contributed by atoms with Gasteiger partial charge in [0.2, 0.25) is 5.91 Å². The molecule has 0 saturated heterocycles. The molecule has 1 saturated carbocycles. The molecule has 4 nitrogen and oxygen atoms in total. The lowest BCUT2D eigenvalue weighted by atomic mass is 10.2. The number of carbonyl (C=O) groups is 1. The van der Waals surface area contributed by atoms with Crippen LogP contribution in [0.25, 0.3) is 0 Å². The van der Waals surface area contributed by atoms with Gasteiger partial charge in [-0.1, -0.05) is 12.1 Å². The van der Waals surface area contributed by atoms with Gasteiger partial charge < -0.3 is 11.1 Å². The molecule has 18 heavy (non-hydrogen) atoms. The van der Waals surface area contributed by atoms with Crippen LogP contribution in [0.3, 0.4) is 0 Å². The first kappa shape index (κ1) is 12.9. The van der Waals surface area contributed by atoms with E-state index in [0.717, 1.165) is 18.8 Å². The van der Waals surface area contributed by atoms with Gasteiger partial charge in [0, 0.05) is 38.3 Å². The molecule has 1 aliphatic carbocycles. The molecule has 0 heterocycles. The predicted octanol–water partition coefficient (Wildman–Crippen LogP) is 1.37. The largest absolute Gasteiger partial charge is 0.399 e. The normalized spacial score (nSPS) is 14.8. The van der Waals surface area contributed by atoms with Gasteiger partial charge >= 0.3 is 0 Å². The zero-order chi connectivity index (χ0) is 13.0. The fourth-order valence-corrected chi connectivity index (χ4v) is 2.06. The van der Waals surface area contributed by atoms with Gasteiger partial charge in [0.05, 0.1) is 0 Å². The number of hydrogen-bond acceptors (Lipinski definition) is 3. The lowest BCUT2D eigenvalue weighted by molar-refractivity contribution is -0.121. The van der Waals surface area contributed by atoms with Gasteiger partial charge in [-0.2, -0.15) is 0 Å². The van der Waals surface area contributed by atoms with Crippen molar-refractivity contribution in [3.63, 3.8) is 0 Å². The number of nitrogens with one attached hydrogen (secondary N) is 1. The van der Waals surface area contributed by atoms with Gasteiger partial charge in [-0.3, -0.25) is 9.69 Å². The molecule has 0 aromatic heterocycles. The van der Waals surface area contributed by atoms with Gasteiger partial charge in [-0.05, 0) is 30.5 Å². The molecule has 1 amide bonds. The Hall–Kier alpha value is -1.55. The van der Waals surface area contributed by atoms with E-state index in [0.29, 0.717) is 12.5 Å². The van der Waals surface area contributed by atoms with Crippen LogP contribution in [-0.4, -0.2) is 30.4 Å². The molecule has 4 heteroatoms. The number of amides is 1. The van der Waals surface area contributed by atoms with Gasteiger partial charge in [-0.15, -0.1) is 0 Å². The highest BCUT2D eigenvalue weighted by Crippen LogP contribution is 2.28. The van der Waals surface area contributed by atoms with Gasteiger partial charge in [0.1, 0.15) is 0 Å². The van der Waals surface area contributed by atoms with Crippen molar-refractivity contribution in [3.05, 3.63) is 29.8 Å². The fourth-order valence-electron chi connectivity index (χ4n) is 2.06. The number of benzene rings is 1. The Morgan fingerprint density at radius 2 is 2.06 bits per heavy atom. The van der Waals surface area contributed by atoms with Gasteiger partial charge in [0.15, 0.2) is 0 Å². The third-order valence-corrected chi connectivity index (χ3v) is 3.33. The predicted molar refractivity (Wildman–Crippen MR) is 73.0 cm³/mol. The SMILES string of the molecule is CNC(=O)CCN(Cc1ccc(N)cc1)C1CC1. The summed E-state index contributed by atoms with van der Waals surface area (Å²) in [6.45, 7) is 1.73. The van der Waals surface area contributed by atoms with Crippen LogP contribution in [0.1, 0.15) is 24.8 Å². The molecule has 1 fully saturated rings. The van der Waals surface area contributed by atoms with E-state index < -0.39 is 0 Å². The van der Waals surface area contributed by atoms with E-state index in [1.54, 1.807) is 7.05 Å². The van der Waals surface area contributed by atoms with E-state index in [4.69, 9.17) is 5.73 Å². The number of nitrogens with two attached hydrogens (primary N) is 1. The Labute approximate surface area is 108 Å². The van der Waals surface area contributed by atoms with E-state index in [1.165, 1.54) is 18.4 Å². The summed E-state index contributed by atoms with van der Waals surface area (Å²) in [6.07, 6.45) is 3.08. The van der Waals surface area contributed by atoms with E-state index in [1.807, 2.05) is 12.1 Å². The first-order valence-corrected chi connectivity index (χ1v) is 6.48. The van der Waals surface area contributed by atoms with Crippen molar-refractivity contribution in [2.75, 3.05) is 19.3 Å². The molecule has 3 N–H and O–H groups in total. The third kappa shape index (κ3) is 3.74. The summed E-state index contributed by atoms with van der Waals surface area (Å²) in [6, 6.07) is 8.64. The number of anilines is 1. The topological polar surface area (TPSA) is 58.4 Å².